The molecular formula is C10H18N4O2S. The first-order chi connectivity index (χ1) is 7.90. The van der Waals surface area contributed by atoms with Crippen molar-refractivity contribution in [3.05, 3.63) is 23.5 Å². The van der Waals surface area contributed by atoms with E-state index >= 15 is 0 Å². The molecule has 0 aromatic carbocycles. The van der Waals surface area contributed by atoms with Crippen molar-refractivity contribution in [2.24, 2.45) is 12.8 Å². The first kappa shape index (κ1) is 13.9. The molecule has 0 unspecified atom stereocenters. The van der Waals surface area contributed by atoms with Gasteiger partial charge in [0.2, 0.25) is 10.0 Å². The second-order valence-electron chi connectivity index (χ2n) is 3.68. The van der Waals surface area contributed by atoms with E-state index in [9.17, 15) is 8.42 Å². The van der Waals surface area contributed by atoms with E-state index in [0.717, 1.165) is 0 Å². The van der Waals surface area contributed by atoms with Crippen molar-refractivity contribution in [1.82, 2.24) is 14.5 Å². The molecule has 0 atom stereocenters. The Labute approximate surface area is 102 Å². The van der Waals surface area contributed by atoms with Gasteiger partial charge in [-0.15, -0.1) is 0 Å². The molecule has 0 aliphatic carbocycles. The molecule has 0 aliphatic rings. The van der Waals surface area contributed by atoms with E-state index in [4.69, 9.17) is 5.73 Å². The van der Waals surface area contributed by atoms with Gasteiger partial charge in [-0.05, 0) is 13.8 Å². The highest BCUT2D eigenvalue weighted by Gasteiger charge is 2.22. The minimum Gasteiger partial charge on any atom is -0.327 e. The molecule has 0 amide bonds. The Bertz CT molecular complexity index is 517. The predicted molar refractivity (Wildman–Crippen MR) is 66.1 cm³/mol. The predicted octanol–water partition coefficient (Wildman–Crippen LogP) is -0.170. The number of rotatable bonds is 5. The molecule has 6 nitrogen and oxygen atoms in total. The number of nitrogens with zero attached hydrogens (tertiary/aromatic N) is 2. The van der Waals surface area contributed by atoms with Crippen molar-refractivity contribution < 1.29 is 8.42 Å². The number of nitrogens with two attached hydrogens (primary N) is 1. The van der Waals surface area contributed by atoms with Crippen molar-refractivity contribution >= 4 is 10.0 Å². The SMILES string of the molecule is Cc1nn(C)c(C)c1S(=O)(=O)NC/C=C/CN. The topological polar surface area (TPSA) is 90.0 Å². The van der Waals surface area contributed by atoms with Crippen LogP contribution in [-0.2, 0) is 17.1 Å². The number of hydrogen-bond acceptors (Lipinski definition) is 4. The van der Waals surface area contributed by atoms with Crippen molar-refractivity contribution in [3.8, 4) is 0 Å². The lowest BCUT2D eigenvalue weighted by molar-refractivity contribution is 0.584. The van der Waals surface area contributed by atoms with E-state index in [2.05, 4.69) is 9.82 Å². The molecule has 1 aromatic rings. The third kappa shape index (κ3) is 3.15. The summed E-state index contributed by atoms with van der Waals surface area (Å²) in [6.45, 7) is 4.03. The fourth-order valence-corrected chi connectivity index (χ4v) is 2.96. The third-order valence-electron chi connectivity index (χ3n) is 2.41. The highest BCUT2D eigenvalue weighted by Crippen LogP contribution is 2.17. The van der Waals surface area contributed by atoms with Crippen molar-refractivity contribution in [1.29, 1.82) is 0 Å². The number of sulfonamides is 1. The van der Waals surface area contributed by atoms with Crippen LogP contribution in [0.2, 0.25) is 0 Å². The van der Waals surface area contributed by atoms with Gasteiger partial charge in [-0.2, -0.15) is 5.10 Å². The summed E-state index contributed by atoms with van der Waals surface area (Å²) in [6.07, 6.45) is 3.38. The largest absolute Gasteiger partial charge is 0.327 e. The van der Waals surface area contributed by atoms with E-state index in [1.54, 1.807) is 37.7 Å². The van der Waals surface area contributed by atoms with Gasteiger partial charge in [0.05, 0.1) is 11.4 Å². The molecule has 1 rings (SSSR count). The van der Waals surface area contributed by atoms with Gasteiger partial charge in [-0.1, -0.05) is 12.2 Å². The van der Waals surface area contributed by atoms with Crippen LogP contribution in [0.4, 0.5) is 0 Å². The lowest BCUT2D eigenvalue weighted by atomic mass is 10.4. The van der Waals surface area contributed by atoms with Crippen molar-refractivity contribution in [2.75, 3.05) is 13.1 Å². The Morgan fingerprint density at radius 1 is 1.41 bits per heavy atom. The van der Waals surface area contributed by atoms with Gasteiger partial charge in [0, 0.05) is 20.1 Å². The maximum atomic E-state index is 12.0. The molecule has 17 heavy (non-hydrogen) atoms. The average molecular weight is 258 g/mol. The number of nitrogens with one attached hydrogen (secondary N) is 1. The Balaban J connectivity index is 2.94. The summed E-state index contributed by atoms with van der Waals surface area (Å²) in [4.78, 5) is 0.251. The lowest BCUT2D eigenvalue weighted by Gasteiger charge is -2.04. The van der Waals surface area contributed by atoms with Crippen LogP contribution >= 0.6 is 0 Å². The van der Waals surface area contributed by atoms with Crippen LogP contribution in [0, 0.1) is 13.8 Å². The zero-order valence-electron chi connectivity index (χ0n) is 10.3. The molecule has 96 valence electrons. The maximum absolute atomic E-state index is 12.0. The summed E-state index contributed by atoms with van der Waals surface area (Å²) in [5.41, 5.74) is 6.39. The summed E-state index contributed by atoms with van der Waals surface area (Å²) in [7, 11) is -1.79. The lowest BCUT2D eigenvalue weighted by Crippen LogP contribution is -2.25. The number of hydrogen-bond donors (Lipinski definition) is 2. The van der Waals surface area contributed by atoms with Crippen molar-refractivity contribution in [2.45, 2.75) is 18.7 Å². The normalized spacial score (nSPS) is 12.5. The molecule has 0 fully saturated rings. The third-order valence-corrected chi connectivity index (χ3v) is 4.08. The Morgan fingerprint density at radius 3 is 2.53 bits per heavy atom. The van der Waals surface area contributed by atoms with Crippen LogP contribution in [0.3, 0.4) is 0 Å². The molecule has 1 aromatic heterocycles. The second kappa shape index (κ2) is 5.44. The van der Waals surface area contributed by atoms with Crippen LogP contribution in [0.25, 0.3) is 0 Å². The molecule has 1 heterocycles. The molecule has 3 N–H and O–H groups in total. The summed E-state index contributed by atoms with van der Waals surface area (Å²) >= 11 is 0. The summed E-state index contributed by atoms with van der Waals surface area (Å²) in [5.74, 6) is 0. The maximum Gasteiger partial charge on any atom is 0.244 e. The zero-order chi connectivity index (χ0) is 13.1. The molecule has 0 radical (unpaired) electrons. The molecular weight excluding hydrogens is 240 g/mol. The van der Waals surface area contributed by atoms with Gasteiger partial charge in [-0.3, -0.25) is 4.68 Å². The second-order valence-corrected chi connectivity index (χ2v) is 5.39. The summed E-state index contributed by atoms with van der Waals surface area (Å²) < 4.78 is 28.1. The minimum absolute atomic E-state index is 0.229. The first-order valence-electron chi connectivity index (χ1n) is 5.25. The molecule has 0 aliphatic heterocycles. The van der Waals surface area contributed by atoms with Gasteiger partial charge in [0.15, 0.2) is 0 Å². The van der Waals surface area contributed by atoms with E-state index in [1.165, 1.54) is 0 Å². The van der Waals surface area contributed by atoms with Gasteiger partial charge in [0.25, 0.3) is 0 Å². The van der Waals surface area contributed by atoms with Crippen LogP contribution in [0.1, 0.15) is 11.4 Å². The van der Waals surface area contributed by atoms with Crippen LogP contribution < -0.4 is 10.5 Å². The first-order valence-corrected chi connectivity index (χ1v) is 6.73. The molecule has 7 heteroatoms. The standard InChI is InChI=1S/C10H18N4O2S/c1-8-10(9(2)14(3)13-8)17(15,16)12-7-5-4-6-11/h4-5,12H,6-7,11H2,1-3H3/b5-4+. The van der Waals surface area contributed by atoms with Crippen LogP contribution in [0.15, 0.2) is 17.0 Å². The summed E-state index contributed by atoms with van der Waals surface area (Å²) in [5, 5.41) is 4.08. The van der Waals surface area contributed by atoms with Crippen LogP contribution in [0.5, 0.6) is 0 Å². The van der Waals surface area contributed by atoms with E-state index in [0.29, 0.717) is 17.9 Å². The average Bonchev–Trinajstić information content (AvgIpc) is 2.48. The number of aryl methyl sites for hydroxylation is 2. The zero-order valence-corrected chi connectivity index (χ0v) is 11.1. The molecule has 0 spiro atoms. The Morgan fingerprint density at radius 2 is 2.06 bits per heavy atom. The fraction of sp³-hybridized carbons (Fsp3) is 0.500. The van der Waals surface area contributed by atoms with Crippen molar-refractivity contribution in [3.63, 3.8) is 0 Å². The van der Waals surface area contributed by atoms with Gasteiger partial charge >= 0.3 is 0 Å². The quantitative estimate of drug-likeness (QED) is 0.717. The van der Waals surface area contributed by atoms with Gasteiger partial charge in [-0.25, -0.2) is 13.1 Å². The highest BCUT2D eigenvalue weighted by molar-refractivity contribution is 7.89. The molecule has 0 saturated heterocycles. The highest BCUT2D eigenvalue weighted by atomic mass is 32.2. The van der Waals surface area contributed by atoms with E-state index < -0.39 is 10.0 Å². The van der Waals surface area contributed by atoms with Gasteiger partial charge < -0.3 is 5.73 Å². The Hall–Kier alpha value is -1.18. The summed E-state index contributed by atoms with van der Waals surface area (Å²) in [6, 6.07) is 0. The smallest absolute Gasteiger partial charge is 0.244 e. The number of aromatic nitrogens is 2. The van der Waals surface area contributed by atoms with Gasteiger partial charge in [0.1, 0.15) is 4.90 Å². The Kier molecular flexibility index (Phi) is 4.44. The fourth-order valence-electron chi connectivity index (χ4n) is 1.55. The molecule has 0 bridgehead atoms. The van der Waals surface area contributed by atoms with Crippen LogP contribution in [-0.4, -0.2) is 31.3 Å². The van der Waals surface area contributed by atoms with E-state index in [1.807, 2.05) is 0 Å². The van der Waals surface area contributed by atoms with E-state index in [-0.39, 0.29) is 11.4 Å². The minimum atomic E-state index is -3.51. The molecule has 0 saturated carbocycles. The monoisotopic (exact) mass is 258 g/mol.